The molecule has 0 aliphatic heterocycles. The van der Waals surface area contributed by atoms with E-state index in [0.717, 1.165) is 47.0 Å². The molecule has 0 saturated carbocycles. The molecule has 30 heavy (non-hydrogen) atoms. The number of fused-ring (bicyclic) bond motifs is 2. The Morgan fingerprint density at radius 2 is 1.77 bits per heavy atom. The predicted octanol–water partition coefficient (Wildman–Crippen LogP) is 4.32. The number of hydrogen-bond acceptors (Lipinski definition) is 4. The zero-order chi connectivity index (χ0) is 21.1. The number of amides is 1. The molecule has 1 amide bonds. The van der Waals surface area contributed by atoms with Crippen LogP contribution < -0.4 is 0 Å². The second kappa shape index (κ2) is 8.66. The van der Waals surface area contributed by atoms with Gasteiger partial charge < -0.3 is 9.64 Å². The van der Waals surface area contributed by atoms with Gasteiger partial charge in [0, 0.05) is 23.7 Å². The second-order valence-corrected chi connectivity index (χ2v) is 7.96. The van der Waals surface area contributed by atoms with Crippen LogP contribution in [0, 0.1) is 0 Å². The minimum atomic E-state index is -0.441. The number of nitrogens with zero attached hydrogens (tertiary/aromatic N) is 2. The van der Waals surface area contributed by atoms with Crippen molar-refractivity contribution in [3.8, 4) is 0 Å². The summed E-state index contributed by atoms with van der Waals surface area (Å²) < 4.78 is 5.53. The van der Waals surface area contributed by atoms with Crippen molar-refractivity contribution >= 4 is 22.8 Å². The molecule has 1 aliphatic carbocycles. The molecule has 0 radical (unpaired) electrons. The molecule has 0 atom stereocenters. The van der Waals surface area contributed by atoms with Crippen LogP contribution in [0.4, 0.5) is 0 Å². The zero-order valence-electron chi connectivity index (χ0n) is 17.4. The Kier molecular flexibility index (Phi) is 5.79. The molecule has 5 nitrogen and oxygen atoms in total. The number of carbonyl (C=O) groups excluding carboxylic acids is 2. The number of carbonyl (C=O) groups is 2. The number of esters is 1. The van der Waals surface area contributed by atoms with Crippen molar-refractivity contribution in [3.63, 3.8) is 0 Å². The number of pyridine rings is 1. The van der Waals surface area contributed by atoms with Crippen LogP contribution >= 0.6 is 0 Å². The van der Waals surface area contributed by atoms with E-state index in [-0.39, 0.29) is 18.6 Å². The lowest BCUT2D eigenvalue weighted by molar-refractivity contribution is -0.136. The third-order valence-corrected chi connectivity index (χ3v) is 5.59. The van der Waals surface area contributed by atoms with Gasteiger partial charge in [0.2, 0.25) is 0 Å². The Bertz CT molecular complexity index is 1080. The van der Waals surface area contributed by atoms with Gasteiger partial charge in [-0.3, -0.25) is 9.78 Å². The molecule has 0 N–H and O–H groups in total. The van der Waals surface area contributed by atoms with Crippen molar-refractivity contribution < 1.29 is 14.3 Å². The summed E-state index contributed by atoms with van der Waals surface area (Å²) in [6.07, 6.45) is 2.67. The van der Waals surface area contributed by atoms with Gasteiger partial charge in [-0.15, -0.1) is 0 Å². The quantitative estimate of drug-likeness (QED) is 0.576. The van der Waals surface area contributed by atoms with E-state index in [1.807, 2.05) is 68.4 Å². The molecule has 0 saturated heterocycles. The number of aryl methyl sites for hydroxylation is 1. The summed E-state index contributed by atoms with van der Waals surface area (Å²) in [4.78, 5) is 32.4. The first-order valence-electron chi connectivity index (χ1n) is 10.5. The molecule has 0 bridgehead atoms. The van der Waals surface area contributed by atoms with Crippen LogP contribution in [0.25, 0.3) is 10.9 Å². The molecule has 5 heteroatoms. The molecule has 2 aromatic carbocycles. The number of para-hydroxylation sites is 1. The fraction of sp³-hybridized carbons (Fsp3) is 0.320. The lowest BCUT2D eigenvalue weighted by Gasteiger charge is -2.26. The molecular weight excluding hydrogens is 376 g/mol. The number of ether oxygens (including phenoxy) is 1. The summed E-state index contributed by atoms with van der Waals surface area (Å²) in [7, 11) is 0. The van der Waals surface area contributed by atoms with Crippen LogP contribution in [0.1, 0.15) is 47.4 Å². The standard InChI is InChI=1S/C25H26N2O3/c1-17(2)27(15-18-9-4-3-5-10-18)23(28)16-30-25(29)24-19-11-6-7-13-21(19)26-22-14-8-12-20(22)24/h3-7,9-11,13,17H,8,12,14-16H2,1-2H3. The fourth-order valence-corrected chi connectivity index (χ4v) is 4.07. The molecular formula is C25H26N2O3. The summed E-state index contributed by atoms with van der Waals surface area (Å²) in [6, 6.07) is 17.5. The maximum atomic E-state index is 13.1. The smallest absolute Gasteiger partial charge is 0.339 e. The van der Waals surface area contributed by atoms with Gasteiger partial charge in [-0.05, 0) is 50.3 Å². The van der Waals surface area contributed by atoms with Gasteiger partial charge in [0.05, 0.1) is 11.1 Å². The molecule has 154 valence electrons. The lowest BCUT2D eigenvalue weighted by Crippen LogP contribution is -2.39. The van der Waals surface area contributed by atoms with E-state index >= 15 is 0 Å². The lowest BCUT2D eigenvalue weighted by atomic mass is 10.0. The minimum Gasteiger partial charge on any atom is -0.452 e. The van der Waals surface area contributed by atoms with E-state index in [1.54, 1.807) is 4.90 Å². The molecule has 1 heterocycles. The normalized spacial score (nSPS) is 12.8. The van der Waals surface area contributed by atoms with E-state index in [9.17, 15) is 9.59 Å². The molecule has 1 aromatic heterocycles. The van der Waals surface area contributed by atoms with Crippen LogP contribution in [0.5, 0.6) is 0 Å². The third kappa shape index (κ3) is 4.06. The van der Waals surface area contributed by atoms with Gasteiger partial charge in [0.15, 0.2) is 6.61 Å². The molecule has 0 spiro atoms. The Morgan fingerprint density at radius 3 is 2.53 bits per heavy atom. The van der Waals surface area contributed by atoms with E-state index in [4.69, 9.17) is 9.72 Å². The Balaban J connectivity index is 1.53. The van der Waals surface area contributed by atoms with Gasteiger partial charge >= 0.3 is 5.97 Å². The van der Waals surface area contributed by atoms with Crippen molar-refractivity contribution in [2.45, 2.75) is 45.7 Å². The largest absolute Gasteiger partial charge is 0.452 e. The highest BCUT2D eigenvalue weighted by Gasteiger charge is 2.26. The first-order chi connectivity index (χ1) is 14.5. The third-order valence-electron chi connectivity index (χ3n) is 5.59. The Morgan fingerprint density at radius 1 is 1.03 bits per heavy atom. The molecule has 0 fully saturated rings. The van der Waals surface area contributed by atoms with Gasteiger partial charge in [-0.1, -0.05) is 48.5 Å². The van der Waals surface area contributed by atoms with Crippen LogP contribution in [0.2, 0.25) is 0 Å². The average Bonchev–Trinajstić information content (AvgIpc) is 3.22. The zero-order valence-corrected chi connectivity index (χ0v) is 17.4. The summed E-state index contributed by atoms with van der Waals surface area (Å²) in [6.45, 7) is 4.15. The summed E-state index contributed by atoms with van der Waals surface area (Å²) >= 11 is 0. The molecule has 3 aromatic rings. The van der Waals surface area contributed by atoms with Crippen LogP contribution in [-0.2, 0) is 28.9 Å². The average molecular weight is 402 g/mol. The highest BCUT2D eigenvalue weighted by atomic mass is 16.5. The topological polar surface area (TPSA) is 59.5 Å². The van der Waals surface area contributed by atoms with E-state index in [2.05, 4.69) is 0 Å². The second-order valence-electron chi connectivity index (χ2n) is 7.96. The van der Waals surface area contributed by atoms with Crippen molar-refractivity contribution in [3.05, 3.63) is 77.0 Å². The monoisotopic (exact) mass is 402 g/mol. The van der Waals surface area contributed by atoms with Crippen LogP contribution in [0.3, 0.4) is 0 Å². The van der Waals surface area contributed by atoms with Crippen LogP contribution in [0.15, 0.2) is 54.6 Å². The predicted molar refractivity (Wildman–Crippen MR) is 116 cm³/mol. The van der Waals surface area contributed by atoms with Crippen LogP contribution in [-0.4, -0.2) is 34.4 Å². The first kappa shape index (κ1) is 20.1. The van der Waals surface area contributed by atoms with E-state index in [0.29, 0.717) is 12.1 Å². The Labute approximate surface area is 176 Å². The van der Waals surface area contributed by atoms with Crippen molar-refractivity contribution in [1.29, 1.82) is 0 Å². The maximum absolute atomic E-state index is 13.1. The van der Waals surface area contributed by atoms with Crippen molar-refractivity contribution in [1.82, 2.24) is 9.88 Å². The Hall–Kier alpha value is -3.21. The first-order valence-corrected chi connectivity index (χ1v) is 10.5. The minimum absolute atomic E-state index is 0.00223. The maximum Gasteiger partial charge on any atom is 0.339 e. The highest BCUT2D eigenvalue weighted by Crippen LogP contribution is 2.30. The van der Waals surface area contributed by atoms with E-state index < -0.39 is 5.97 Å². The van der Waals surface area contributed by atoms with E-state index in [1.165, 1.54) is 0 Å². The van der Waals surface area contributed by atoms with Gasteiger partial charge in [0.25, 0.3) is 5.91 Å². The number of rotatable bonds is 6. The van der Waals surface area contributed by atoms with Gasteiger partial charge in [0.1, 0.15) is 0 Å². The summed E-state index contributed by atoms with van der Waals surface area (Å²) in [5.74, 6) is -0.638. The molecule has 1 aliphatic rings. The number of aromatic nitrogens is 1. The summed E-state index contributed by atoms with van der Waals surface area (Å²) in [5, 5.41) is 0.792. The molecule has 0 unspecified atom stereocenters. The highest BCUT2D eigenvalue weighted by molar-refractivity contribution is 6.05. The van der Waals surface area contributed by atoms with Gasteiger partial charge in [-0.25, -0.2) is 4.79 Å². The fourth-order valence-electron chi connectivity index (χ4n) is 4.07. The number of hydrogen-bond donors (Lipinski definition) is 0. The van der Waals surface area contributed by atoms with Crippen molar-refractivity contribution in [2.24, 2.45) is 0 Å². The SMILES string of the molecule is CC(C)N(Cc1ccccc1)C(=O)COC(=O)c1c2c(nc3ccccc13)CCC2. The van der Waals surface area contributed by atoms with Crippen molar-refractivity contribution in [2.75, 3.05) is 6.61 Å². The van der Waals surface area contributed by atoms with Gasteiger partial charge in [-0.2, -0.15) is 0 Å². The molecule has 4 rings (SSSR count). The number of benzene rings is 2. The summed E-state index contributed by atoms with van der Waals surface area (Å²) in [5.41, 5.74) is 4.35.